The van der Waals surface area contributed by atoms with E-state index in [4.69, 9.17) is 14.2 Å². The Morgan fingerprint density at radius 3 is 2.50 bits per heavy atom. The van der Waals surface area contributed by atoms with Crippen LogP contribution in [0.3, 0.4) is 0 Å². The van der Waals surface area contributed by atoms with E-state index in [0.717, 1.165) is 30.7 Å². The van der Waals surface area contributed by atoms with E-state index >= 15 is 0 Å². The van der Waals surface area contributed by atoms with E-state index < -0.39 is 5.97 Å². The van der Waals surface area contributed by atoms with Gasteiger partial charge >= 0.3 is 5.97 Å². The predicted octanol–water partition coefficient (Wildman–Crippen LogP) is 4.34. The van der Waals surface area contributed by atoms with Gasteiger partial charge in [-0.15, -0.1) is 0 Å². The lowest BCUT2D eigenvalue weighted by Gasteiger charge is -2.22. The largest absolute Gasteiger partial charge is 0.491 e. The van der Waals surface area contributed by atoms with E-state index in [1.807, 2.05) is 24.3 Å². The maximum absolute atomic E-state index is 12.3. The molecule has 0 aliphatic carbocycles. The van der Waals surface area contributed by atoms with Crippen molar-refractivity contribution in [3.8, 4) is 5.75 Å². The number of anilines is 1. The van der Waals surface area contributed by atoms with Crippen LogP contribution in [0, 0.1) is 0 Å². The molecule has 0 saturated carbocycles. The molecule has 0 spiro atoms. The minimum absolute atomic E-state index is 0.117. The van der Waals surface area contributed by atoms with Gasteiger partial charge in [-0.2, -0.15) is 0 Å². The molecule has 1 aliphatic heterocycles. The van der Waals surface area contributed by atoms with Gasteiger partial charge in [0.1, 0.15) is 12.4 Å². The van der Waals surface area contributed by atoms with Crippen molar-refractivity contribution in [3.05, 3.63) is 59.7 Å². The van der Waals surface area contributed by atoms with E-state index in [1.165, 1.54) is 0 Å². The summed E-state index contributed by atoms with van der Waals surface area (Å²) in [6.07, 6.45) is 2.21. The first kappa shape index (κ1) is 21.8. The first-order valence-corrected chi connectivity index (χ1v) is 10.2. The second kappa shape index (κ2) is 9.76. The zero-order valence-electron chi connectivity index (χ0n) is 17.8. The van der Waals surface area contributed by atoms with Crippen molar-refractivity contribution < 1.29 is 23.8 Å². The molecule has 6 heteroatoms. The van der Waals surface area contributed by atoms with E-state index in [1.54, 1.807) is 24.3 Å². The Kier molecular flexibility index (Phi) is 7.11. The maximum atomic E-state index is 12.3. The number of carbonyl (C=O) groups is 2. The van der Waals surface area contributed by atoms with Crippen LogP contribution < -0.4 is 10.1 Å². The lowest BCUT2D eigenvalue weighted by atomic mass is 9.86. The normalized spacial score (nSPS) is 16.2. The van der Waals surface area contributed by atoms with Crippen LogP contribution in [0.2, 0.25) is 0 Å². The monoisotopic (exact) mass is 411 g/mol. The number of carbonyl (C=O) groups excluding carboxylic acids is 2. The van der Waals surface area contributed by atoms with Crippen LogP contribution in [0.25, 0.3) is 0 Å². The van der Waals surface area contributed by atoms with Gasteiger partial charge in [-0.3, -0.25) is 4.79 Å². The van der Waals surface area contributed by atoms with Crippen molar-refractivity contribution in [2.75, 3.05) is 25.1 Å². The summed E-state index contributed by atoms with van der Waals surface area (Å²) in [7, 11) is 0. The molecule has 160 valence electrons. The molecule has 6 nitrogen and oxygen atoms in total. The molecular formula is C24H29NO5. The molecule has 0 bridgehead atoms. The molecule has 1 amide bonds. The summed E-state index contributed by atoms with van der Waals surface area (Å²) in [5.41, 5.74) is 1.98. The van der Waals surface area contributed by atoms with Crippen LogP contribution >= 0.6 is 0 Å². The van der Waals surface area contributed by atoms with Crippen LogP contribution in [-0.4, -0.2) is 37.8 Å². The third kappa shape index (κ3) is 6.07. The van der Waals surface area contributed by atoms with Crippen molar-refractivity contribution >= 4 is 17.6 Å². The number of nitrogens with one attached hydrogen (secondary N) is 1. The maximum Gasteiger partial charge on any atom is 0.338 e. The van der Waals surface area contributed by atoms with Gasteiger partial charge < -0.3 is 19.5 Å². The zero-order valence-corrected chi connectivity index (χ0v) is 17.8. The molecule has 1 N–H and O–H groups in total. The predicted molar refractivity (Wildman–Crippen MR) is 115 cm³/mol. The minimum atomic E-state index is -0.556. The Morgan fingerprint density at radius 1 is 1.10 bits per heavy atom. The van der Waals surface area contributed by atoms with E-state index in [9.17, 15) is 9.59 Å². The smallest absolute Gasteiger partial charge is 0.338 e. The molecule has 1 aliphatic rings. The first-order chi connectivity index (χ1) is 14.3. The molecular weight excluding hydrogens is 382 g/mol. The lowest BCUT2D eigenvalue weighted by molar-refractivity contribution is -0.119. The lowest BCUT2D eigenvalue weighted by Crippen LogP contribution is -2.23. The van der Waals surface area contributed by atoms with Gasteiger partial charge in [0.15, 0.2) is 6.61 Å². The highest BCUT2D eigenvalue weighted by Gasteiger charge is 2.19. The van der Waals surface area contributed by atoms with Crippen molar-refractivity contribution in [1.82, 2.24) is 0 Å². The second-order valence-corrected chi connectivity index (χ2v) is 8.39. The summed E-state index contributed by atoms with van der Waals surface area (Å²) in [5, 5.41) is 2.83. The Hall–Kier alpha value is -2.86. The Balaban J connectivity index is 1.48. The SMILES string of the molecule is CC(C)(C)c1ccccc1NC(=O)COC(=O)c1ccc(OCC2CCCO2)cc1. The molecule has 0 aromatic heterocycles. The molecule has 30 heavy (non-hydrogen) atoms. The number of ether oxygens (including phenoxy) is 3. The average Bonchev–Trinajstić information content (AvgIpc) is 3.24. The molecule has 1 heterocycles. The number of rotatable bonds is 7. The number of amides is 1. The molecule has 2 aromatic rings. The highest BCUT2D eigenvalue weighted by atomic mass is 16.5. The fraction of sp³-hybridized carbons (Fsp3) is 0.417. The second-order valence-electron chi connectivity index (χ2n) is 8.39. The van der Waals surface area contributed by atoms with Gasteiger partial charge in [0.05, 0.1) is 11.7 Å². The number of hydrogen-bond donors (Lipinski definition) is 1. The third-order valence-corrected chi connectivity index (χ3v) is 4.89. The van der Waals surface area contributed by atoms with Crippen LogP contribution in [0.5, 0.6) is 5.75 Å². The highest BCUT2D eigenvalue weighted by Crippen LogP contribution is 2.29. The molecule has 1 fully saturated rings. The van der Waals surface area contributed by atoms with Gasteiger partial charge in [0, 0.05) is 12.3 Å². The fourth-order valence-electron chi connectivity index (χ4n) is 3.30. The summed E-state index contributed by atoms with van der Waals surface area (Å²) in [6.45, 7) is 7.16. The van der Waals surface area contributed by atoms with Crippen LogP contribution in [0.15, 0.2) is 48.5 Å². The number of hydrogen-bond acceptors (Lipinski definition) is 5. The van der Waals surface area contributed by atoms with E-state index in [-0.39, 0.29) is 24.0 Å². The number of para-hydroxylation sites is 1. The Labute approximate surface area is 177 Å². The quantitative estimate of drug-likeness (QED) is 0.686. The summed E-state index contributed by atoms with van der Waals surface area (Å²) in [6, 6.07) is 14.3. The molecule has 1 unspecified atom stereocenters. The Bertz CT molecular complexity index is 864. The molecule has 1 atom stereocenters. The Morgan fingerprint density at radius 2 is 1.83 bits per heavy atom. The van der Waals surface area contributed by atoms with Crippen molar-refractivity contribution in [1.29, 1.82) is 0 Å². The topological polar surface area (TPSA) is 73.9 Å². The number of benzene rings is 2. The molecule has 2 aromatic carbocycles. The van der Waals surface area contributed by atoms with Crippen LogP contribution in [0.4, 0.5) is 5.69 Å². The van der Waals surface area contributed by atoms with Crippen LogP contribution in [0.1, 0.15) is 49.5 Å². The van der Waals surface area contributed by atoms with Crippen molar-refractivity contribution in [2.45, 2.75) is 45.1 Å². The van der Waals surface area contributed by atoms with Crippen LogP contribution in [-0.2, 0) is 19.7 Å². The van der Waals surface area contributed by atoms with Crippen molar-refractivity contribution in [2.24, 2.45) is 0 Å². The fourth-order valence-corrected chi connectivity index (χ4v) is 3.30. The summed E-state index contributed by atoms with van der Waals surface area (Å²) >= 11 is 0. The standard InChI is InChI=1S/C24H29NO5/c1-24(2,3)20-8-4-5-9-21(20)25-22(26)16-30-23(27)17-10-12-18(13-11-17)29-15-19-7-6-14-28-19/h4-5,8-13,19H,6-7,14-16H2,1-3H3,(H,25,26). The molecule has 0 radical (unpaired) electrons. The summed E-state index contributed by atoms with van der Waals surface area (Å²) < 4.78 is 16.4. The van der Waals surface area contributed by atoms with Gasteiger partial charge in [-0.05, 0) is 54.2 Å². The van der Waals surface area contributed by atoms with Gasteiger partial charge in [-0.25, -0.2) is 4.79 Å². The molecule has 3 rings (SSSR count). The summed E-state index contributed by atoms with van der Waals surface area (Å²) in [4.78, 5) is 24.5. The average molecular weight is 411 g/mol. The number of esters is 1. The van der Waals surface area contributed by atoms with Crippen molar-refractivity contribution in [3.63, 3.8) is 0 Å². The van der Waals surface area contributed by atoms with Gasteiger partial charge in [-0.1, -0.05) is 39.0 Å². The van der Waals surface area contributed by atoms with E-state index in [0.29, 0.717) is 17.9 Å². The summed E-state index contributed by atoms with van der Waals surface area (Å²) in [5.74, 6) is -0.268. The first-order valence-electron chi connectivity index (χ1n) is 10.2. The molecule has 1 saturated heterocycles. The van der Waals surface area contributed by atoms with Gasteiger partial charge in [0.2, 0.25) is 0 Å². The minimum Gasteiger partial charge on any atom is -0.491 e. The zero-order chi connectivity index (χ0) is 21.6. The third-order valence-electron chi connectivity index (χ3n) is 4.89. The van der Waals surface area contributed by atoms with E-state index in [2.05, 4.69) is 26.1 Å². The van der Waals surface area contributed by atoms with Gasteiger partial charge in [0.25, 0.3) is 5.91 Å². The highest BCUT2D eigenvalue weighted by molar-refractivity contribution is 5.96.